The smallest absolute Gasteiger partial charge is 0.120 e. The second-order valence-electron chi connectivity index (χ2n) is 5.87. The van der Waals surface area contributed by atoms with Crippen molar-refractivity contribution in [1.82, 2.24) is 0 Å². The molecule has 0 aliphatic carbocycles. The van der Waals surface area contributed by atoms with Crippen LogP contribution in [0.25, 0.3) is 0 Å². The molecule has 0 aliphatic rings. The van der Waals surface area contributed by atoms with Gasteiger partial charge in [-0.1, -0.05) is 44.2 Å². The highest BCUT2D eigenvalue weighted by molar-refractivity contribution is 5.52. The van der Waals surface area contributed by atoms with Crippen molar-refractivity contribution in [2.24, 2.45) is 0 Å². The summed E-state index contributed by atoms with van der Waals surface area (Å²) in [5.41, 5.74) is 3.77. The maximum atomic E-state index is 5.95. The first kappa shape index (κ1) is 15.4. The lowest BCUT2D eigenvalue weighted by Crippen LogP contribution is -2.23. The van der Waals surface area contributed by atoms with E-state index in [2.05, 4.69) is 69.4 Å². The minimum absolute atomic E-state index is 0.118. The Morgan fingerprint density at radius 2 is 1.76 bits per heavy atom. The zero-order valence-corrected chi connectivity index (χ0v) is 13.4. The zero-order valence-electron chi connectivity index (χ0n) is 13.4. The number of anilines is 1. The molecule has 2 aromatic carbocycles. The van der Waals surface area contributed by atoms with Crippen molar-refractivity contribution >= 4 is 5.69 Å². The van der Waals surface area contributed by atoms with E-state index in [0.717, 1.165) is 12.3 Å². The van der Waals surface area contributed by atoms with Crippen molar-refractivity contribution in [1.29, 1.82) is 0 Å². The molecule has 112 valence electrons. The molecule has 0 saturated carbocycles. The molecular weight excluding hydrogens is 258 g/mol. The highest BCUT2D eigenvalue weighted by Crippen LogP contribution is 2.23. The van der Waals surface area contributed by atoms with Crippen LogP contribution in [0.5, 0.6) is 5.75 Å². The number of aryl methyl sites for hydroxylation is 1. The molecule has 0 amide bonds. The highest BCUT2D eigenvalue weighted by Gasteiger charge is 2.08. The molecule has 2 aromatic rings. The summed E-state index contributed by atoms with van der Waals surface area (Å²) in [6.07, 6.45) is 0.118. The Morgan fingerprint density at radius 1 is 1.00 bits per heavy atom. The number of benzene rings is 2. The van der Waals surface area contributed by atoms with Gasteiger partial charge >= 0.3 is 0 Å². The Hall–Kier alpha value is -1.96. The summed E-state index contributed by atoms with van der Waals surface area (Å²) in [7, 11) is 0. The SMILES string of the molecule is Cc1cccc(OC(C)CNc2ccccc2C(C)C)c1. The third-order valence-corrected chi connectivity index (χ3v) is 3.49. The molecule has 0 aliphatic heterocycles. The van der Waals surface area contributed by atoms with E-state index in [0.29, 0.717) is 5.92 Å². The number of para-hydroxylation sites is 1. The van der Waals surface area contributed by atoms with Crippen molar-refractivity contribution in [3.05, 3.63) is 59.7 Å². The molecule has 1 N–H and O–H groups in total. The molecule has 0 aromatic heterocycles. The number of hydrogen-bond acceptors (Lipinski definition) is 2. The van der Waals surface area contributed by atoms with Crippen molar-refractivity contribution in [2.45, 2.75) is 39.7 Å². The van der Waals surface area contributed by atoms with Crippen molar-refractivity contribution in [2.75, 3.05) is 11.9 Å². The fraction of sp³-hybridized carbons (Fsp3) is 0.368. The number of hydrogen-bond donors (Lipinski definition) is 1. The molecule has 0 bridgehead atoms. The van der Waals surface area contributed by atoms with Crippen LogP contribution in [0.3, 0.4) is 0 Å². The lowest BCUT2D eigenvalue weighted by molar-refractivity contribution is 0.234. The van der Waals surface area contributed by atoms with Gasteiger partial charge in [-0.2, -0.15) is 0 Å². The minimum Gasteiger partial charge on any atom is -0.489 e. The fourth-order valence-corrected chi connectivity index (χ4v) is 2.38. The van der Waals surface area contributed by atoms with Crippen LogP contribution in [0.1, 0.15) is 37.8 Å². The first-order valence-corrected chi connectivity index (χ1v) is 7.62. The largest absolute Gasteiger partial charge is 0.489 e. The van der Waals surface area contributed by atoms with Crippen LogP contribution in [0.4, 0.5) is 5.69 Å². The molecule has 0 heterocycles. The van der Waals surface area contributed by atoms with Gasteiger partial charge in [0, 0.05) is 5.69 Å². The normalized spacial score (nSPS) is 12.2. The molecule has 0 fully saturated rings. The second-order valence-corrected chi connectivity index (χ2v) is 5.87. The highest BCUT2D eigenvalue weighted by atomic mass is 16.5. The first-order chi connectivity index (χ1) is 10.1. The maximum absolute atomic E-state index is 5.95. The van der Waals surface area contributed by atoms with Gasteiger partial charge in [0.1, 0.15) is 11.9 Å². The molecule has 0 saturated heterocycles. The molecule has 21 heavy (non-hydrogen) atoms. The van der Waals surface area contributed by atoms with Gasteiger partial charge in [-0.05, 0) is 49.1 Å². The fourth-order valence-electron chi connectivity index (χ4n) is 2.38. The predicted octanol–water partition coefficient (Wildman–Crippen LogP) is 5.00. The van der Waals surface area contributed by atoms with Crippen molar-refractivity contribution in [3.8, 4) is 5.75 Å². The standard InChI is InChI=1S/C19H25NO/c1-14(2)18-10-5-6-11-19(18)20-13-16(4)21-17-9-7-8-15(3)12-17/h5-12,14,16,20H,13H2,1-4H3. The van der Waals surface area contributed by atoms with E-state index in [1.807, 2.05) is 12.1 Å². The van der Waals surface area contributed by atoms with Crippen molar-refractivity contribution in [3.63, 3.8) is 0 Å². The third-order valence-electron chi connectivity index (χ3n) is 3.49. The van der Waals surface area contributed by atoms with E-state index in [4.69, 9.17) is 4.74 Å². The van der Waals surface area contributed by atoms with E-state index in [1.54, 1.807) is 0 Å². The first-order valence-electron chi connectivity index (χ1n) is 7.62. The van der Waals surface area contributed by atoms with Crippen molar-refractivity contribution < 1.29 is 4.74 Å². The van der Waals surface area contributed by atoms with Crippen LogP contribution in [0, 0.1) is 6.92 Å². The van der Waals surface area contributed by atoms with Crippen LogP contribution in [-0.4, -0.2) is 12.6 Å². The van der Waals surface area contributed by atoms with E-state index in [1.165, 1.54) is 16.8 Å². The monoisotopic (exact) mass is 283 g/mol. The second kappa shape index (κ2) is 7.16. The molecule has 0 radical (unpaired) electrons. The Labute approximate surface area is 128 Å². The van der Waals surface area contributed by atoms with Gasteiger partial charge in [-0.25, -0.2) is 0 Å². The van der Waals surface area contributed by atoms with Gasteiger partial charge in [0.25, 0.3) is 0 Å². The van der Waals surface area contributed by atoms with Gasteiger partial charge in [0.15, 0.2) is 0 Å². The summed E-state index contributed by atoms with van der Waals surface area (Å²) in [5.74, 6) is 1.45. The van der Waals surface area contributed by atoms with Crippen LogP contribution >= 0.6 is 0 Å². The molecular formula is C19H25NO. The van der Waals surface area contributed by atoms with Crippen LogP contribution in [0.2, 0.25) is 0 Å². The van der Waals surface area contributed by atoms with Gasteiger partial charge in [-0.3, -0.25) is 0 Å². The lowest BCUT2D eigenvalue weighted by atomic mass is 10.0. The number of ether oxygens (including phenoxy) is 1. The molecule has 2 nitrogen and oxygen atoms in total. The van der Waals surface area contributed by atoms with E-state index < -0.39 is 0 Å². The van der Waals surface area contributed by atoms with Gasteiger partial charge in [0.05, 0.1) is 6.54 Å². The maximum Gasteiger partial charge on any atom is 0.120 e. The predicted molar refractivity (Wildman–Crippen MR) is 90.3 cm³/mol. The summed E-state index contributed by atoms with van der Waals surface area (Å²) in [5, 5.41) is 3.50. The summed E-state index contributed by atoms with van der Waals surface area (Å²) in [6, 6.07) is 16.7. The van der Waals surface area contributed by atoms with E-state index in [9.17, 15) is 0 Å². The summed E-state index contributed by atoms with van der Waals surface area (Å²) < 4.78 is 5.95. The Kier molecular flexibility index (Phi) is 5.26. The Morgan fingerprint density at radius 3 is 2.48 bits per heavy atom. The van der Waals surface area contributed by atoms with Crippen LogP contribution < -0.4 is 10.1 Å². The average Bonchev–Trinajstić information content (AvgIpc) is 2.45. The Bertz CT molecular complexity index is 577. The quantitative estimate of drug-likeness (QED) is 0.805. The number of nitrogens with one attached hydrogen (secondary N) is 1. The molecule has 2 heteroatoms. The third kappa shape index (κ3) is 4.52. The van der Waals surface area contributed by atoms with E-state index in [-0.39, 0.29) is 6.10 Å². The van der Waals surface area contributed by atoms with E-state index >= 15 is 0 Å². The van der Waals surface area contributed by atoms with Gasteiger partial charge < -0.3 is 10.1 Å². The molecule has 1 unspecified atom stereocenters. The minimum atomic E-state index is 0.118. The zero-order chi connectivity index (χ0) is 15.2. The van der Waals surface area contributed by atoms with Gasteiger partial charge in [-0.15, -0.1) is 0 Å². The topological polar surface area (TPSA) is 21.3 Å². The summed E-state index contributed by atoms with van der Waals surface area (Å²) in [6.45, 7) is 9.39. The van der Waals surface area contributed by atoms with Crippen LogP contribution in [0.15, 0.2) is 48.5 Å². The van der Waals surface area contributed by atoms with Gasteiger partial charge in [0.2, 0.25) is 0 Å². The lowest BCUT2D eigenvalue weighted by Gasteiger charge is -2.19. The van der Waals surface area contributed by atoms with Crippen LogP contribution in [-0.2, 0) is 0 Å². The molecule has 1 atom stereocenters. The molecule has 0 spiro atoms. The average molecular weight is 283 g/mol. The summed E-state index contributed by atoms with van der Waals surface area (Å²) in [4.78, 5) is 0. The molecule has 2 rings (SSSR count). The number of rotatable bonds is 6. The Balaban J connectivity index is 1.94. The summed E-state index contributed by atoms with van der Waals surface area (Å²) >= 11 is 0.